The number of terminal acetylenes is 1. The summed E-state index contributed by atoms with van der Waals surface area (Å²) in [5.74, 6) is 2.52. The molecule has 1 saturated heterocycles. The van der Waals surface area contributed by atoms with Crippen molar-refractivity contribution >= 4 is 11.6 Å². The summed E-state index contributed by atoms with van der Waals surface area (Å²) < 4.78 is 5.41. The van der Waals surface area contributed by atoms with Gasteiger partial charge >= 0.3 is 0 Å². The van der Waals surface area contributed by atoms with E-state index in [-0.39, 0.29) is 12.0 Å². The normalized spacial score (nSPS) is 18.6. The molecule has 2 rings (SSSR count). The Kier molecular flexibility index (Phi) is 3.79. The lowest BCUT2D eigenvalue weighted by Crippen LogP contribution is -2.19. The van der Waals surface area contributed by atoms with Crippen molar-refractivity contribution in [1.82, 2.24) is 0 Å². The van der Waals surface area contributed by atoms with Crippen LogP contribution >= 0.6 is 0 Å². The first kappa shape index (κ1) is 11.7. The predicted octanol–water partition coefficient (Wildman–Crippen LogP) is 2.18. The van der Waals surface area contributed by atoms with Crippen molar-refractivity contribution in [3.8, 4) is 12.3 Å². The molecule has 3 heteroatoms. The van der Waals surface area contributed by atoms with Gasteiger partial charge in [0.25, 0.3) is 0 Å². The van der Waals surface area contributed by atoms with E-state index < -0.39 is 0 Å². The smallest absolute Gasteiger partial charge is 0.226 e. The van der Waals surface area contributed by atoms with Gasteiger partial charge in [0.15, 0.2) is 0 Å². The van der Waals surface area contributed by atoms with Crippen LogP contribution in [0.15, 0.2) is 24.3 Å². The Morgan fingerprint density at radius 1 is 1.59 bits per heavy atom. The van der Waals surface area contributed by atoms with E-state index in [4.69, 9.17) is 11.2 Å². The van der Waals surface area contributed by atoms with Gasteiger partial charge in [-0.05, 0) is 31.0 Å². The highest BCUT2D eigenvalue weighted by molar-refractivity contribution is 5.91. The summed E-state index contributed by atoms with van der Waals surface area (Å²) in [4.78, 5) is 11.7. The number of ether oxygens (including phenoxy) is 1. The first-order valence-electron chi connectivity index (χ1n) is 5.76. The molecule has 1 aromatic carbocycles. The second-order valence-corrected chi connectivity index (χ2v) is 4.11. The zero-order valence-electron chi connectivity index (χ0n) is 9.61. The molecule has 1 atom stereocenters. The SMILES string of the molecule is C#Cc1cccc(NC(=O)CC2CCCO2)c1. The molecule has 1 N–H and O–H groups in total. The minimum absolute atomic E-state index is 0.0222. The number of hydrogen-bond donors (Lipinski definition) is 1. The van der Waals surface area contributed by atoms with E-state index in [2.05, 4.69) is 11.2 Å². The lowest BCUT2D eigenvalue weighted by molar-refractivity contribution is -0.118. The summed E-state index contributed by atoms with van der Waals surface area (Å²) in [6.45, 7) is 0.768. The molecule has 1 aliphatic heterocycles. The minimum atomic E-state index is -0.0222. The number of rotatable bonds is 3. The highest BCUT2D eigenvalue weighted by Gasteiger charge is 2.18. The van der Waals surface area contributed by atoms with Gasteiger partial charge in [-0.3, -0.25) is 4.79 Å². The summed E-state index contributed by atoms with van der Waals surface area (Å²) in [7, 11) is 0. The van der Waals surface area contributed by atoms with E-state index in [1.165, 1.54) is 0 Å². The lowest BCUT2D eigenvalue weighted by atomic mass is 10.1. The van der Waals surface area contributed by atoms with Crippen LogP contribution in [0.1, 0.15) is 24.8 Å². The molecule has 0 saturated carbocycles. The highest BCUT2D eigenvalue weighted by atomic mass is 16.5. The third-order valence-corrected chi connectivity index (χ3v) is 2.75. The molecule has 0 spiro atoms. The molecule has 1 amide bonds. The van der Waals surface area contributed by atoms with Crippen LogP contribution in [-0.2, 0) is 9.53 Å². The van der Waals surface area contributed by atoms with E-state index in [9.17, 15) is 4.79 Å². The number of hydrogen-bond acceptors (Lipinski definition) is 2. The predicted molar refractivity (Wildman–Crippen MR) is 66.6 cm³/mol. The molecule has 0 radical (unpaired) electrons. The number of amides is 1. The van der Waals surface area contributed by atoms with E-state index in [0.29, 0.717) is 6.42 Å². The summed E-state index contributed by atoms with van der Waals surface area (Å²) >= 11 is 0. The van der Waals surface area contributed by atoms with Gasteiger partial charge in [0, 0.05) is 17.9 Å². The maximum Gasteiger partial charge on any atom is 0.226 e. The number of carbonyl (C=O) groups is 1. The number of anilines is 1. The number of carbonyl (C=O) groups excluding carboxylic acids is 1. The van der Waals surface area contributed by atoms with E-state index >= 15 is 0 Å². The average molecular weight is 229 g/mol. The summed E-state index contributed by atoms with van der Waals surface area (Å²) in [5.41, 5.74) is 1.50. The molecule has 1 fully saturated rings. The van der Waals surface area contributed by atoms with Crippen molar-refractivity contribution < 1.29 is 9.53 Å². The number of benzene rings is 1. The minimum Gasteiger partial charge on any atom is -0.378 e. The summed E-state index contributed by atoms with van der Waals surface area (Å²) in [5, 5.41) is 2.83. The lowest BCUT2D eigenvalue weighted by Gasteiger charge is -2.09. The van der Waals surface area contributed by atoms with Gasteiger partial charge in [-0.25, -0.2) is 0 Å². The maximum atomic E-state index is 11.7. The Bertz CT molecular complexity index is 442. The Morgan fingerprint density at radius 2 is 2.47 bits per heavy atom. The van der Waals surface area contributed by atoms with Crippen LogP contribution in [0, 0.1) is 12.3 Å². The Hall–Kier alpha value is -1.79. The van der Waals surface area contributed by atoms with Crippen LogP contribution < -0.4 is 5.32 Å². The van der Waals surface area contributed by atoms with E-state index in [1.807, 2.05) is 18.2 Å². The van der Waals surface area contributed by atoms with Crippen LogP contribution in [0.3, 0.4) is 0 Å². The molecule has 1 unspecified atom stereocenters. The van der Waals surface area contributed by atoms with Gasteiger partial charge < -0.3 is 10.1 Å². The number of nitrogens with one attached hydrogen (secondary N) is 1. The zero-order valence-corrected chi connectivity index (χ0v) is 9.61. The topological polar surface area (TPSA) is 38.3 Å². The first-order valence-corrected chi connectivity index (χ1v) is 5.76. The van der Waals surface area contributed by atoms with Crippen LogP contribution in [0.5, 0.6) is 0 Å². The Labute approximate surface area is 101 Å². The molecule has 17 heavy (non-hydrogen) atoms. The quantitative estimate of drug-likeness (QED) is 0.807. The standard InChI is InChI=1S/C14H15NO2/c1-2-11-5-3-6-12(9-11)15-14(16)10-13-7-4-8-17-13/h1,3,5-6,9,13H,4,7-8,10H2,(H,15,16). The molecule has 1 heterocycles. The second kappa shape index (κ2) is 5.51. The van der Waals surface area contributed by atoms with Crippen LogP contribution in [-0.4, -0.2) is 18.6 Å². The van der Waals surface area contributed by atoms with Gasteiger partial charge in [0.2, 0.25) is 5.91 Å². The van der Waals surface area contributed by atoms with Crippen LogP contribution in [0.2, 0.25) is 0 Å². The van der Waals surface area contributed by atoms with Crippen molar-refractivity contribution in [3.05, 3.63) is 29.8 Å². The third-order valence-electron chi connectivity index (χ3n) is 2.75. The monoisotopic (exact) mass is 229 g/mol. The summed E-state index contributed by atoms with van der Waals surface area (Å²) in [6, 6.07) is 7.27. The molecule has 3 nitrogen and oxygen atoms in total. The fourth-order valence-electron chi connectivity index (χ4n) is 1.91. The molecule has 1 aliphatic rings. The van der Waals surface area contributed by atoms with E-state index in [1.54, 1.807) is 6.07 Å². The average Bonchev–Trinajstić information content (AvgIpc) is 2.82. The molecular weight excluding hydrogens is 214 g/mol. The van der Waals surface area contributed by atoms with Crippen molar-refractivity contribution in [2.75, 3.05) is 11.9 Å². The molecule has 0 aliphatic carbocycles. The van der Waals surface area contributed by atoms with Gasteiger partial charge in [0.1, 0.15) is 0 Å². The van der Waals surface area contributed by atoms with Gasteiger partial charge in [-0.1, -0.05) is 12.0 Å². The fourth-order valence-corrected chi connectivity index (χ4v) is 1.91. The van der Waals surface area contributed by atoms with Gasteiger partial charge in [-0.2, -0.15) is 0 Å². The largest absolute Gasteiger partial charge is 0.378 e. The fraction of sp³-hybridized carbons (Fsp3) is 0.357. The Morgan fingerprint density at radius 3 is 3.18 bits per heavy atom. The van der Waals surface area contributed by atoms with Crippen molar-refractivity contribution in [2.24, 2.45) is 0 Å². The van der Waals surface area contributed by atoms with E-state index in [0.717, 1.165) is 30.7 Å². The van der Waals surface area contributed by atoms with Crippen LogP contribution in [0.25, 0.3) is 0 Å². The van der Waals surface area contributed by atoms with Crippen molar-refractivity contribution in [1.29, 1.82) is 0 Å². The highest BCUT2D eigenvalue weighted by Crippen LogP contribution is 2.16. The molecule has 0 aromatic heterocycles. The van der Waals surface area contributed by atoms with Crippen molar-refractivity contribution in [2.45, 2.75) is 25.4 Å². The molecule has 88 valence electrons. The van der Waals surface area contributed by atoms with Gasteiger partial charge in [0.05, 0.1) is 12.5 Å². The molecule has 0 bridgehead atoms. The zero-order chi connectivity index (χ0) is 12.1. The molecule has 1 aromatic rings. The van der Waals surface area contributed by atoms with Gasteiger partial charge in [-0.15, -0.1) is 6.42 Å². The molecular formula is C14H15NO2. The Balaban J connectivity index is 1.91. The second-order valence-electron chi connectivity index (χ2n) is 4.11. The third kappa shape index (κ3) is 3.33. The first-order chi connectivity index (χ1) is 8.28. The van der Waals surface area contributed by atoms with Crippen molar-refractivity contribution in [3.63, 3.8) is 0 Å². The van der Waals surface area contributed by atoms with Crippen LogP contribution in [0.4, 0.5) is 5.69 Å². The maximum absolute atomic E-state index is 11.7. The summed E-state index contributed by atoms with van der Waals surface area (Å²) in [6.07, 6.45) is 7.81.